The van der Waals surface area contributed by atoms with Gasteiger partial charge in [0, 0.05) is 32.4 Å². The first-order valence-corrected chi connectivity index (χ1v) is 15.3. The van der Waals surface area contributed by atoms with Gasteiger partial charge in [-0.05, 0) is 12.8 Å². The Bertz CT molecular complexity index is 536. The van der Waals surface area contributed by atoms with Crippen LogP contribution in [-0.2, 0) is 9.59 Å². The molecule has 0 unspecified atom stereocenters. The lowest BCUT2D eigenvalue weighted by molar-refractivity contribution is -0.898. The minimum atomic E-state index is 0.200. The van der Waals surface area contributed by atoms with Gasteiger partial charge < -0.3 is 9.80 Å². The first-order chi connectivity index (χ1) is 16.9. The van der Waals surface area contributed by atoms with Crippen molar-refractivity contribution in [1.29, 1.82) is 0 Å². The van der Waals surface area contributed by atoms with Crippen molar-refractivity contribution in [2.45, 2.75) is 142 Å². The van der Waals surface area contributed by atoms with E-state index in [1.54, 1.807) is 0 Å². The second-order valence-electron chi connectivity index (χ2n) is 11.7. The Labute approximate surface area is 218 Å². The maximum absolute atomic E-state index is 12.1. The van der Waals surface area contributed by atoms with E-state index in [4.69, 9.17) is 0 Å². The molecule has 1 saturated heterocycles. The van der Waals surface area contributed by atoms with Crippen LogP contribution in [0.25, 0.3) is 0 Å². The predicted octanol–water partition coefficient (Wildman–Crippen LogP) is 7.19. The van der Waals surface area contributed by atoms with Crippen LogP contribution < -0.4 is 5.32 Å². The highest BCUT2D eigenvalue weighted by atomic mass is 16.2. The van der Waals surface area contributed by atoms with E-state index in [2.05, 4.69) is 26.3 Å². The Hall–Kier alpha value is -1.10. The molecular formula is C30H60N3O2+. The first kappa shape index (κ1) is 31.9. The molecule has 1 aliphatic heterocycles. The SMILES string of the molecule is CCCCCCCCCCCCCCCCCCCC(=O)NCCC[N+](C)(C)CN1CCCC1=O. The molecule has 0 saturated carbocycles. The van der Waals surface area contributed by atoms with Crippen LogP contribution in [0.2, 0.25) is 0 Å². The van der Waals surface area contributed by atoms with Gasteiger partial charge in [0.1, 0.15) is 0 Å². The van der Waals surface area contributed by atoms with Gasteiger partial charge in [-0.1, -0.05) is 110 Å². The van der Waals surface area contributed by atoms with Crippen molar-refractivity contribution in [3.8, 4) is 0 Å². The molecule has 5 heteroatoms. The van der Waals surface area contributed by atoms with Gasteiger partial charge in [0.05, 0.1) is 20.6 Å². The normalized spacial score (nSPS) is 14.1. The third-order valence-electron chi connectivity index (χ3n) is 7.49. The molecule has 1 N–H and O–H groups in total. The minimum Gasteiger partial charge on any atom is -0.356 e. The largest absolute Gasteiger partial charge is 0.356 e. The van der Waals surface area contributed by atoms with Crippen LogP contribution in [0.4, 0.5) is 0 Å². The smallest absolute Gasteiger partial charge is 0.226 e. The van der Waals surface area contributed by atoms with E-state index >= 15 is 0 Å². The maximum atomic E-state index is 12.1. The molecule has 1 heterocycles. The van der Waals surface area contributed by atoms with E-state index < -0.39 is 0 Å². The maximum Gasteiger partial charge on any atom is 0.226 e. The van der Waals surface area contributed by atoms with Crippen molar-refractivity contribution in [2.75, 3.05) is 40.4 Å². The van der Waals surface area contributed by atoms with Gasteiger partial charge in [-0.3, -0.25) is 14.5 Å². The highest BCUT2D eigenvalue weighted by Gasteiger charge is 2.27. The second kappa shape index (κ2) is 21.0. The van der Waals surface area contributed by atoms with Gasteiger partial charge in [0.15, 0.2) is 6.67 Å². The van der Waals surface area contributed by atoms with Gasteiger partial charge in [-0.15, -0.1) is 0 Å². The van der Waals surface area contributed by atoms with Crippen molar-refractivity contribution >= 4 is 11.8 Å². The highest BCUT2D eigenvalue weighted by molar-refractivity contribution is 5.77. The number of rotatable bonds is 24. The number of nitrogens with zero attached hydrogens (tertiary/aromatic N) is 2. The predicted molar refractivity (Wildman–Crippen MR) is 149 cm³/mol. The first-order valence-electron chi connectivity index (χ1n) is 15.3. The van der Waals surface area contributed by atoms with Crippen LogP contribution in [0.5, 0.6) is 0 Å². The summed E-state index contributed by atoms with van der Waals surface area (Å²) in [7, 11) is 4.34. The molecule has 5 nitrogen and oxygen atoms in total. The Kier molecular flexibility index (Phi) is 19.2. The zero-order valence-corrected chi connectivity index (χ0v) is 23.9. The molecule has 0 bridgehead atoms. The van der Waals surface area contributed by atoms with E-state index in [1.807, 2.05) is 4.90 Å². The van der Waals surface area contributed by atoms with E-state index in [1.165, 1.54) is 103 Å². The van der Waals surface area contributed by atoms with Crippen molar-refractivity contribution in [1.82, 2.24) is 10.2 Å². The fourth-order valence-corrected chi connectivity index (χ4v) is 5.22. The summed E-state index contributed by atoms with van der Waals surface area (Å²) in [5, 5.41) is 3.08. The lowest BCUT2D eigenvalue weighted by Gasteiger charge is -2.33. The van der Waals surface area contributed by atoms with E-state index in [9.17, 15) is 9.59 Å². The fourth-order valence-electron chi connectivity index (χ4n) is 5.22. The van der Waals surface area contributed by atoms with Crippen LogP contribution >= 0.6 is 0 Å². The standard InChI is InChI=1S/C30H59N3O2/c1-4-5-6-7-8-9-10-11-12-13-14-15-16-17-18-19-20-23-29(34)31-25-22-27-33(2,3)28-32-26-21-24-30(32)35/h4-28H2,1-3H3/p+1. The Morgan fingerprint density at radius 2 is 1.26 bits per heavy atom. The molecule has 1 aliphatic rings. The van der Waals surface area contributed by atoms with Crippen molar-refractivity contribution < 1.29 is 14.1 Å². The summed E-state index contributed by atoms with van der Waals surface area (Å²) >= 11 is 0. The number of carbonyl (C=O) groups is 2. The van der Waals surface area contributed by atoms with E-state index in [-0.39, 0.29) is 5.91 Å². The van der Waals surface area contributed by atoms with E-state index in [0.717, 1.165) is 50.0 Å². The zero-order valence-electron chi connectivity index (χ0n) is 23.9. The van der Waals surface area contributed by atoms with Crippen molar-refractivity contribution in [3.05, 3.63) is 0 Å². The lowest BCUT2D eigenvalue weighted by Crippen LogP contribution is -2.50. The van der Waals surface area contributed by atoms with Gasteiger partial charge >= 0.3 is 0 Å². The number of hydrogen-bond donors (Lipinski definition) is 1. The van der Waals surface area contributed by atoms with Crippen LogP contribution in [0.1, 0.15) is 142 Å². The number of amides is 2. The van der Waals surface area contributed by atoms with Gasteiger partial charge in [0.25, 0.3) is 0 Å². The molecule has 0 aromatic rings. The van der Waals surface area contributed by atoms with Crippen LogP contribution in [0.15, 0.2) is 0 Å². The summed E-state index contributed by atoms with van der Waals surface area (Å²) in [6.07, 6.45) is 26.5. The Morgan fingerprint density at radius 3 is 1.71 bits per heavy atom. The average molecular weight is 495 g/mol. The molecule has 0 aromatic carbocycles. The van der Waals surface area contributed by atoms with E-state index in [0.29, 0.717) is 18.7 Å². The molecule has 206 valence electrons. The Morgan fingerprint density at radius 1 is 0.771 bits per heavy atom. The van der Waals surface area contributed by atoms with Gasteiger partial charge in [0.2, 0.25) is 11.8 Å². The monoisotopic (exact) mass is 494 g/mol. The number of quaternary nitrogens is 1. The molecule has 2 amide bonds. The third-order valence-corrected chi connectivity index (χ3v) is 7.49. The molecule has 0 atom stereocenters. The van der Waals surface area contributed by atoms with Gasteiger partial charge in [-0.2, -0.15) is 0 Å². The van der Waals surface area contributed by atoms with Crippen LogP contribution in [-0.4, -0.2) is 61.6 Å². The summed E-state index contributed by atoms with van der Waals surface area (Å²) in [6, 6.07) is 0. The minimum absolute atomic E-state index is 0.200. The molecule has 0 spiro atoms. The van der Waals surface area contributed by atoms with Crippen molar-refractivity contribution in [3.63, 3.8) is 0 Å². The average Bonchev–Trinajstić information content (AvgIpc) is 3.22. The summed E-state index contributed by atoms with van der Waals surface area (Å²) in [6.45, 7) is 5.69. The van der Waals surface area contributed by atoms with Crippen molar-refractivity contribution in [2.24, 2.45) is 0 Å². The van der Waals surface area contributed by atoms with Crippen LogP contribution in [0.3, 0.4) is 0 Å². The second-order valence-corrected chi connectivity index (χ2v) is 11.7. The summed E-state index contributed by atoms with van der Waals surface area (Å²) in [5.41, 5.74) is 0. The molecule has 1 fully saturated rings. The number of carbonyl (C=O) groups excluding carboxylic acids is 2. The summed E-state index contributed by atoms with van der Waals surface area (Å²) in [4.78, 5) is 25.9. The zero-order chi connectivity index (χ0) is 25.6. The lowest BCUT2D eigenvalue weighted by atomic mass is 10.0. The summed E-state index contributed by atoms with van der Waals surface area (Å²) in [5.74, 6) is 0.490. The molecule has 0 aliphatic carbocycles. The molecular weight excluding hydrogens is 434 g/mol. The molecule has 35 heavy (non-hydrogen) atoms. The number of nitrogens with one attached hydrogen (secondary N) is 1. The quantitative estimate of drug-likeness (QED) is 0.114. The topological polar surface area (TPSA) is 49.4 Å². The number of unbranched alkanes of at least 4 members (excludes halogenated alkanes) is 16. The van der Waals surface area contributed by atoms with Gasteiger partial charge in [-0.25, -0.2) is 0 Å². The molecule has 0 aromatic heterocycles. The number of likely N-dealkylation sites (tertiary alicyclic amines) is 1. The Balaban J connectivity index is 1.80. The van der Waals surface area contributed by atoms with Crippen LogP contribution in [0, 0.1) is 0 Å². The molecule has 1 rings (SSSR count). The molecule has 0 radical (unpaired) electrons. The third kappa shape index (κ3) is 18.8. The number of hydrogen-bond acceptors (Lipinski definition) is 2. The highest BCUT2D eigenvalue weighted by Crippen LogP contribution is 2.15. The summed E-state index contributed by atoms with van der Waals surface area (Å²) < 4.78 is 0.806. The fraction of sp³-hybridized carbons (Fsp3) is 0.933.